The average molecular weight is 414 g/mol. The van der Waals surface area contributed by atoms with Gasteiger partial charge in [-0.1, -0.05) is 32.9 Å². The van der Waals surface area contributed by atoms with Gasteiger partial charge in [-0.2, -0.15) is 0 Å². The summed E-state index contributed by atoms with van der Waals surface area (Å²) in [7, 11) is 0. The van der Waals surface area contributed by atoms with E-state index in [1.54, 1.807) is 52.0 Å². The lowest BCUT2D eigenvalue weighted by molar-refractivity contribution is -0.123. The summed E-state index contributed by atoms with van der Waals surface area (Å²) >= 11 is 1.28. The standard InChI is InChI=1S/C21H22N2O5S/c1-11-12(2)29-16(22-20(27)21(3,4)5)15(11)19(26)28-10-23-17(24)13-8-6-7-9-14(13)18(23)25/h6-9H,10H2,1-5H3,(H,22,27). The number of thiophene rings is 1. The van der Waals surface area contributed by atoms with Crippen molar-refractivity contribution in [3.63, 3.8) is 0 Å². The fourth-order valence-corrected chi connectivity index (χ4v) is 3.85. The van der Waals surface area contributed by atoms with E-state index >= 15 is 0 Å². The molecule has 0 atom stereocenters. The van der Waals surface area contributed by atoms with Gasteiger partial charge in [0.25, 0.3) is 11.8 Å². The summed E-state index contributed by atoms with van der Waals surface area (Å²) in [5.74, 6) is -1.93. The van der Waals surface area contributed by atoms with Gasteiger partial charge in [0.2, 0.25) is 5.91 Å². The minimum absolute atomic E-state index is 0.229. The van der Waals surface area contributed by atoms with Gasteiger partial charge in [0.05, 0.1) is 16.7 Å². The average Bonchev–Trinajstić information content (AvgIpc) is 3.06. The quantitative estimate of drug-likeness (QED) is 0.607. The van der Waals surface area contributed by atoms with Gasteiger partial charge in [-0.05, 0) is 31.5 Å². The van der Waals surface area contributed by atoms with Crippen LogP contribution in [0, 0.1) is 19.3 Å². The number of imide groups is 1. The van der Waals surface area contributed by atoms with Crippen molar-refractivity contribution in [2.45, 2.75) is 34.6 Å². The fourth-order valence-electron chi connectivity index (χ4n) is 2.80. The van der Waals surface area contributed by atoms with Crippen LogP contribution in [0.25, 0.3) is 0 Å². The molecule has 2 heterocycles. The Kier molecular flexibility index (Phi) is 5.32. The molecule has 1 aliphatic heterocycles. The van der Waals surface area contributed by atoms with Crippen LogP contribution in [0.5, 0.6) is 0 Å². The molecule has 2 aromatic rings. The number of carbonyl (C=O) groups is 4. The molecule has 1 aromatic carbocycles. The van der Waals surface area contributed by atoms with Gasteiger partial charge >= 0.3 is 5.97 Å². The molecule has 3 amide bonds. The molecule has 3 rings (SSSR count). The highest BCUT2D eigenvalue weighted by molar-refractivity contribution is 7.16. The Morgan fingerprint density at radius 1 is 1.07 bits per heavy atom. The van der Waals surface area contributed by atoms with Crippen molar-refractivity contribution in [1.29, 1.82) is 0 Å². The minimum atomic E-state index is -0.701. The van der Waals surface area contributed by atoms with E-state index < -0.39 is 29.9 Å². The molecule has 29 heavy (non-hydrogen) atoms. The number of carbonyl (C=O) groups excluding carboxylic acids is 4. The summed E-state index contributed by atoms with van der Waals surface area (Å²) in [6.07, 6.45) is 0. The largest absolute Gasteiger partial charge is 0.440 e. The summed E-state index contributed by atoms with van der Waals surface area (Å²) in [4.78, 5) is 51.7. The lowest BCUT2D eigenvalue weighted by Gasteiger charge is -2.18. The van der Waals surface area contributed by atoms with Crippen LogP contribution in [0.15, 0.2) is 24.3 Å². The van der Waals surface area contributed by atoms with Crippen molar-refractivity contribution in [2.24, 2.45) is 5.41 Å². The Hall–Kier alpha value is -3.00. The number of ether oxygens (including phenoxy) is 1. The van der Waals surface area contributed by atoms with Crippen LogP contribution in [0.2, 0.25) is 0 Å². The zero-order chi connectivity index (χ0) is 21.5. The number of nitrogens with zero attached hydrogens (tertiary/aromatic N) is 1. The lowest BCUT2D eigenvalue weighted by Crippen LogP contribution is -2.33. The van der Waals surface area contributed by atoms with Crippen molar-refractivity contribution >= 4 is 40.0 Å². The van der Waals surface area contributed by atoms with Crippen molar-refractivity contribution < 1.29 is 23.9 Å². The summed E-state index contributed by atoms with van der Waals surface area (Å²) in [5, 5.41) is 3.18. The second-order valence-electron chi connectivity index (χ2n) is 7.84. The Bertz CT molecular complexity index is 997. The van der Waals surface area contributed by atoms with Gasteiger partial charge in [0.1, 0.15) is 5.00 Å². The number of esters is 1. The molecule has 0 fully saturated rings. The molecule has 1 aromatic heterocycles. The van der Waals surface area contributed by atoms with Crippen LogP contribution >= 0.6 is 11.3 Å². The zero-order valence-corrected chi connectivity index (χ0v) is 17.7. The number of fused-ring (bicyclic) bond motifs is 1. The highest BCUT2D eigenvalue weighted by Crippen LogP contribution is 2.34. The molecule has 7 nitrogen and oxygen atoms in total. The molecule has 1 N–H and O–H groups in total. The Balaban J connectivity index is 1.78. The summed E-state index contributed by atoms with van der Waals surface area (Å²) in [5.41, 5.74) is 0.865. The van der Waals surface area contributed by atoms with E-state index in [4.69, 9.17) is 4.74 Å². The predicted octanol–water partition coefficient (Wildman–Crippen LogP) is 3.76. The number of hydrogen-bond acceptors (Lipinski definition) is 6. The number of anilines is 1. The first-order valence-electron chi connectivity index (χ1n) is 9.06. The first kappa shape index (κ1) is 20.7. The second kappa shape index (κ2) is 7.44. The molecule has 0 unspecified atom stereocenters. The molecule has 0 bridgehead atoms. The number of rotatable bonds is 4. The molecule has 0 saturated carbocycles. The molecule has 0 saturated heterocycles. The third-order valence-corrected chi connectivity index (χ3v) is 5.82. The van der Waals surface area contributed by atoms with Crippen LogP contribution in [-0.4, -0.2) is 35.3 Å². The maximum absolute atomic E-state index is 12.8. The van der Waals surface area contributed by atoms with Crippen molar-refractivity contribution in [1.82, 2.24) is 4.90 Å². The smallest absolute Gasteiger partial charge is 0.343 e. The van der Waals surface area contributed by atoms with Crippen LogP contribution in [0.4, 0.5) is 5.00 Å². The van der Waals surface area contributed by atoms with E-state index in [2.05, 4.69) is 5.32 Å². The highest BCUT2D eigenvalue weighted by atomic mass is 32.1. The van der Waals surface area contributed by atoms with Crippen molar-refractivity contribution in [2.75, 3.05) is 12.0 Å². The van der Waals surface area contributed by atoms with Crippen LogP contribution < -0.4 is 5.32 Å². The van der Waals surface area contributed by atoms with Crippen LogP contribution in [0.3, 0.4) is 0 Å². The lowest BCUT2D eigenvalue weighted by atomic mass is 9.96. The molecule has 8 heteroatoms. The number of nitrogens with one attached hydrogen (secondary N) is 1. The third kappa shape index (κ3) is 3.80. The maximum atomic E-state index is 12.8. The number of hydrogen-bond donors (Lipinski definition) is 1. The van der Waals surface area contributed by atoms with E-state index in [1.165, 1.54) is 11.3 Å². The predicted molar refractivity (Wildman–Crippen MR) is 109 cm³/mol. The van der Waals surface area contributed by atoms with Crippen molar-refractivity contribution in [3.8, 4) is 0 Å². The van der Waals surface area contributed by atoms with E-state index in [-0.39, 0.29) is 22.6 Å². The second-order valence-corrected chi connectivity index (χ2v) is 9.06. The Labute approximate surface area is 172 Å². The first-order chi connectivity index (χ1) is 13.5. The van der Waals surface area contributed by atoms with E-state index in [0.29, 0.717) is 10.6 Å². The number of benzene rings is 1. The van der Waals surface area contributed by atoms with E-state index in [0.717, 1.165) is 9.78 Å². The maximum Gasteiger partial charge on any atom is 0.343 e. The fraction of sp³-hybridized carbons (Fsp3) is 0.333. The van der Waals surface area contributed by atoms with Gasteiger partial charge in [-0.15, -0.1) is 11.3 Å². The van der Waals surface area contributed by atoms with Gasteiger partial charge in [-0.3, -0.25) is 14.4 Å². The van der Waals surface area contributed by atoms with Crippen LogP contribution in [0.1, 0.15) is 62.3 Å². The van der Waals surface area contributed by atoms with Gasteiger partial charge < -0.3 is 10.1 Å². The first-order valence-corrected chi connectivity index (χ1v) is 9.87. The number of aryl methyl sites for hydroxylation is 1. The Morgan fingerprint density at radius 2 is 1.62 bits per heavy atom. The highest BCUT2D eigenvalue weighted by Gasteiger charge is 2.36. The molecule has 0 spiro atoms. The Morgan fingerprint density at radius 3 is 2.14 bits per heavy atom. The zero-order valence-electron chi connectivity index (χ0n) is 16.9. The molecular weight excluding hydrogens is 392 g/mol. The normalized spacial score (nSPS) is 13.5. The SMILES string of the molecule is Cc1sc(NC(=O)C(C)(C)C)c(C(=O)OCN2C(=O)c3ccccc3C2=O)c1C. The van der Waals surface area contributed by atoms with E-state index in [9.17, 15) is 19.2 Å². The van der Waals surface area contributed by atoms with Crippen molar-refractivity contribution in [3.05, 3.63) is 51.4 Å². The summed E-state index contributed by atoms with van der Waals surface area (Å²) in [6, 6.07) is 6.45. The number of amides is 3. The third-order valence-electron chi connectivity index (χ3n) is 4.70. The molecule has 0 aliphatic carbocycles. The summed E-state index contributed by atoms with van der Waals surface area (Å²) < 4.78 is 5.29. The molecular formula is C21H22N2O5S. The van der Waals surface area contributed by atoms with Crippen LogP contribution in [-0.2, 0) is 9.53 Å². The van der Waals surface area contributed by atoms with Gasteiger partial charge in [0.15, 0.2) is 6.73 Å². The molecule has 0 radical (unpaired) electrons. The minimum Gasteiger partial charge on any atom is -0.440 e. The van der Waals surface area contributed by atoms with Gasteiger partial charge in [-0.25, -0.2) is 9.69 Å². The molecule has 1 aliphatic rings. The summed E-state index contributed by atoms with van der Waals surface area (Å²) in [6.45, 7) is 8.43. The molecule has 152 valence electrons. The van der Waals surface area contributed by atoms with E-state index in [1.807, 2.05) is 6.92 Å². The topological polar surface area (TPSA) is 92.8 Å². The van der Waals surface area contributed by atoms with Gasteiger partial charge in [0, 0.05) is 10.3 Å². The monoisotopic (exact) mass is 414 g/mol.